The number of thiazole rings is 1. The lowest BCUT2D eigenvalue weighted by molar-refractivity contribution is -0.138. The van der Waals surface area contributed by atoms with Gasteiger partial charge in [0.25, 0.3) is 0 Å². The fourth-order valence-corrected chi connectivity index (χ4v) is 3.85. The Labute approximate surface area is 133 Å². The normalized spacial score (nSPS) is 16.3. The molecule has 1 unspecified atom stereocenters. The van der Waals surface area contributed by atoms with Crippen molar-refractivity contribution >= 4 is 44.1 Å². The van der Waals surface area contributed by atoms with Gasteiger partial charge in [0.1, 0.15) is 5.92 Å². The second kappa shape index (κ2) is 5.47. The average Bonchev–Trinajstić information content (AvgIpc) is 3.00. The molecule has 2 aromatic rings. The van der Waals surface area contributed by atoms with Crippen molar-refractivity contribution in [1.29, 1.82) is 5.26 Å². The Kier molecular flexibility index (Phi) is 3.66. The van der Waals surface area contributed by atoms with E-state index in [0.29, 0.717) is 22.8 Å². The van der Waals surface area contributed by atoms with Crippen LogP contribution in [0.15, 0.2) is 22.7 Å². The number of carbonyl (C=O) groups is 1. The molecule has 0 bridgehead atoms. The van der Waals surface area contributed by atoms with E-state index in [1.807, 2.05) is 0 Å². The number of aromatic nitrogens is 1. The first kappa shape index (κ1) is 14.0. The molecule has 0 aliphatic heterocycles. The number of hydrogen-bond acceptors (Lipinski definition) is 5. The number of carboxylic acids is 1. The Hall–Kier alpha value is -1.91. The van der Waals surface area contributed by atoms with Crippen molar-refractivity contribution < 1.29 is 9.90 Å². The van der Waals surface area contributed by atoms with E-state index in [2.05, 4.69) is 32.3 Å². The fraction of sp³-hybridized carbons (Fsp3) is 0.214. The number of aryl methyl sites for hydroxylation is 1. The van der Waals surface area contributed by atoms with Crippen molar-refractivity contribution in [2.75, 3.05) is 5.32 Å². The SMILES string of the molecule is N#Cc1ccc(Nc2nc3c(s2)CCC3C(=O)O)c(Br)c1. The molecule has 1 aromatic carbocycles. The number of benzene rings is 1. The highest BCUT2D eigenvalue weighted by Crippen LogP contribution is 2.39. The van der Waals surface area contributed by atoms with Gasteiger partial charge in [-0.05, 0) is 47.0 Å². The van der Waals surface area contributed by atoms with Crippen LogP contribution in [0.3, 0.4) is 0 Å². The summed E-state index contributed by atoms with van der Waals surface area (Å²) in [6.07, 6.45) is 1.39. The highest BCUT2D eigenvalue weighted by atomic mass is 79.9. The largest absolute Gasteiger partial charge is 0.481 e. The molecule has 0 saturated carbocycles. The average molecular weight is 364 g/mol. The number of halogens is 1. The van der Waals surface area contributed by atoms with Crippen molar-refractivity contribution in [3.8, 4) is 6.07 Å². The van der Waals surface area contributed by atoms with E-state index in [-0.39, 0.29) is 0 Å². The zero-order valence-corrected chi connectivity index (χ0v) is 13.2. The molecule has 1 atom stereocenters. The van der Waals surface area contributed by atoms with Gasteiger partial charge in [-0.15, -0.1) is 11.3 Å². The number of rotatable bonds is 3. The van der Waals surface area contributed by atoms with Crippen LogP contribution in [-0.4, -0.2) is 16.1 Å². The quantitative estimate of drug-likeness (QED) is 0.869. The highest BCUT2D eigenvalue weighted by molar-refractivity contribution is 9.10. The third kappa shape index (κ3) is 2.64. The minimum atomic E-state index is -0.815. The number of nitrogens with one attached hydrogen (secondary N) is 1. The number of nitriles is 1. The summed E-state index contributed by atoms with van der Waals surface area (Å²) in [4.78, 5) is 16.6. The van der Waals surface area contributed by atoms with Crippen LogP contribution in [0, 0.1) is 11.3 Å². The van der Waals surface area contributed by atoms with Crippen molar-refractivity contribution in [1.82, 2.24) is 4.98 Å². The number of anilines is 2. The van der Waals surface area contributed by atoms with Gasteiger partial charge in [0.15, 0.2) is 5.13 Å². The maximum atomic E-state index is 11.2. The van der Waals surface area contributed by atoms with Crippen LogP contribution in [0.2, 0.25) is 0 Å². The molecule has 106 valence electrons. The number of hydrogen-bond donors (Lipinski definition) is 2. The van der Waals surface area contributed by atoms with Crippen molar-refractivity contribution in [3.63, 3.8) is 0 Å². The van der Waals surface area contributed by atoms with Crippen LogP contribution in [0.25, 0.3) is 0 Å². The van der Waals surface area contributed by atoms with Crippen LogP contribution < -0.4 is 5.32 Å². The van der Waals surface area contributed by atoms with Crippen LogP contribution >= 0.6 is 27.3 Å². The molecule has 1 heterocycles. The summed E-state index contributed by atoms with van der Waals surface area (Å²) < 4.78 is 0.770. The lowest BCUT2D eigenvalue weighted by Gasteiger charge is -2.06. The zero-order valence-electron chi connectivity index (χ0n) is 10.8. The molecular weight excluding hydrogens is 354 g/mol. The predicted molar refractivity (Wildman–Crippen MR) is 83.0 cm³/mol. The minimum Gasteiger partial charge on any atom is -0.481 e. The smallest absolute Gasteiger partial charge is 0.312 e. The third-order valence-electron chi connectivity index (χ3n) is 3.36. The monoisotopic (exact) mass is 363 g/mol. The van der Waals surface area contributed by atoms with Gasteiger partial charge in [-0.3, -0.25) is 4.79 Å². The van der Waals surface area contributed by atoms with Crippen LogP contribution in [0.5, 0.6) is 0 Å². The summed E-state index contributed by atoms with van der Waals surface area (Å²) >= 11 is 4.89. The molecule has 0 fully saturated rings. The molecule has 0 radical (unpaired) electrons. The number of carboxylic acid groups (broad SMARTS) is 1. The molecule has 2 N–H and O–H groups in total. The summed E-state index contributed by atoms with van der Waals surface area (Å²) in [6.45, 7) is 0. The topological polar surface area (TPSA) is 86.0 Å². The van der Waals surface area contributed by atoms with E-state index in [0.717, 1.165) is 21.5 Å². The van der Waals surface area contributed by atoms with E-state index in [1.54, 1.807) is 18.2 Å². The standard InChI is InChI=1S/C14H10BrN3O2S/c15-9-5-7(6-16)1-3-10(9)17-14-18-12-8(13(19)20)2-4-11(12)21-14/h1,3,5,8H,2,4H2,(H,17,18)(H,19,20). The van der Waals surface area contributed by atoms with Crippen LogP contribution in [0.1, 0.15) is 28.5 Å². The molecule has 7 heteroatoms. The lowest BCUT2D eigenvalue weighted by atomic mass is 10.1. The van der Waals surface area contributed by atoms with Gasteiger partial charge in [0.2, 0.25) is 0 Å². The van der Waals surface area contributed by atoms with Crippen LogP contribution in [-0.2, 0) is 11.2 Å². The number of aliphatic carboxylic acids is 1. The lowest BCUT2D eigenvalue weighted by Crippen LogP contribution is -2.08. The highest BCUT2D eigenvalue weighted by Gasteiger charge is 2.32. The zero-order chi connectivity index (χ0) is 15.0. The molecule has 21 heavy (non-hydrogen) atoms. The third-order valence-corrected chi connectivity index (χ3v) is 5.06. The second-order valence-electron chi connectivity index (χ2n) is 4.69. The first-order valence-electron chi connectivity index (χ1n) is 6.27. The van der Waals surface area contributed by atoms with Crippen molar-refractivity contribution in [2.24, 2.45) is 0 Å². The van der Waals surface area contributed by atoms with E-state index >= 15 is 0 Å². The first-order valence-corrected chi connectivity index (χ1v) is 7.88. The fourth-order valence-electron chi connectivity index (χ4n) is 2.32. The van der Waals surface area contributed by atoms with Gasteiger partial charge in [0.05, 0.1) is 23.0 Å². The molecule has 1 aliphatic rings. The minimum absolute atomic E-state index is 0.490. The summed E-state index contributed by atoms with van der Waals surface area (Å²) in [5.41, 5.74) is 2.05. The summed E-state index contributed by atoms with van der Waals surface area (Å²) in [5, 5.41) is 21.9. The molecule has 1 aliphatic carbocycles. The molecule has 0 saturated heterocycles. The Morgan fingerprint density at radius 1 is 1.57 bits per heavy atom. The Morgan fingerprint density at radius 2 is 2.38 bits per heavy atom. The Bertz CT molecular complexity index is 766. The maximum absolute atomic E-state index is 11.2. The van der Waals surface area contributed by atoms with E-state index in [9.17, 15) is 4.79 Å². The number of fused-ring (bicyclic) bond motifs is 1. The van der Waals surface area contributed by atoms with Gasteiger partial charge >= 0.3 is 5.97 Å². The molecule has 5 nitrogen and oxygen atoms in total. The molecule has 0 spiro atoms. The summed E-state index contributed by atoms with van der Waals surface area (Å²) in [7, 11) is 0. The van der Waals surface area contributed by atoms with Gasteiger partial charge in [-0.25, -0.2) is 4.98 Å². The molecular formula is C14H10BrN3O2S. The first-order chi connectivity index (χ1) is 10.1. The Balaban J connectivity index is 1.86. The Morgan fingerprint density at radius 3 is 3.05 bits per heavy atom. The van der Waals surface area contributed by atoms with E-state index in [1.165, 1.54) is 11.3 Å². The molecule has 1 aromatic heterocycles. The predicted octanol–water partition coefficient (Wildman–Crippen LogP) is 3.64. The van der Waals surface area contributed by atoms with E-state index < -0.39 is 11.9 Å². The summed E-state index contributed by atoms with van der Waals surface area (Å²) in [5.74, 6) is -1.30. The number of nitrogens with zero attached hydrogens (tertiary/aromatic N) is 2. The van der Waals surface area contributed by atoms with Gasteiger partial charge in [-0.2, -0.15) is 5.26 Å². The van der Waals surface area contributed by atoms with Crippen molar-refractivity contribution in [3.05, 3.63) is 38.8 Å². The van der Waals surface area contributed by atoms with E-state index in [4.69, 9.17) is 10.4 Å². The van der Waals surface area contributed by atoms with Gasteiger partial charge < -0.3 is 10.4 Å². The van der Waals surface area contributed by atoms with Gasteiger partial charge in [-0.1, -0.05) is 0 Å². The second-order valence-corrected chi connectivity index (χ2v) is 6.63. The molecule has 3 rings (SSSR count). The van der Waals surface area contributed by atoms with Crippen LogP contribution in [0.4, 0.5) is 10.8 Å². The van der Waals surface area contributed by atoms with Gasteiger partial charge in [0, 0.05) is 9.35 Å². The maximum Gasteiger partial charge on any atom is 0.312 e. The van der Waals surface area contributed by atoms with Crippen molar-refractivity contribution in [2.45, 2.75) is 18.8 Å². The summed E-state index contributed by atoms with van der Waals surface area (Å²) in [6, 6.07) is 7.31. The molecule has 0 amide bonds.